The molecule has 0 amide bonds. The van der Waals surface area contributed by atoms with E-state index >= 15 is 0 Å². The molecule has 0 heterocycles. The van der Waals surface area contributed by atoms with E-state index in [1.165, 1.54) is 44.9 Å². The van der Waals surface area contributed by atoms with Crippen molar-refractivity contribution in [1.82, 2.24) is 5.32 Å². The molecule has 168 valence electrons. The Bertz CT molecular complexity index is 700. The first kappa shape index (κ1) is 21.0. The van der Waals surface area contributed by atoms with Gasteiger partial charge in [0.05, 0.1) is 5.92 Å². The molecule has 0 aromatic carbocycles. The van der Waals surface area contributed by atoms with Gasteiger partial charge in [0.15, 0.2) is 0 Å². The van der Waals surface area contributed by atoms with Crippen LogP contribution in [0.25, 0.3) is 0 Å². The van der Waals surface area contributed by atoms with Crippen molar-refractivity contribution < 1.29 is 14.7 Å². The molecule has 0 bridgehead atoms. The third kappa shape index (κ3) is 3.19. The average Bonchev–Trinajstić information content (AvgIpc) is 3.06. The van der Waals surface area contributed by atoms with Crippen LogP contribution in [0.1, 0.15) is 97.3 Å². The number of carbonyl (C=O) groups excluding carboxylic acids is 1. The summed E-state index contributed by atoms with van der Waals surface area (Å²) in [4.78, 5) is 24.5. The highest BCUT2D eigenvalue weighted by molar-refractivity contribution is 5.79. The smallest absolute Gasteiger partial charge is 0.307 e. The highest BCUT2D eigenvalue weighted by Gasteiger charge is 2.64. The molecular formula is C26H41NO3. The zero-order chi connectivity index (χ0) is 21.1. The van der Waals surface area contributed by atoms with Crippen molar-refractivity contribution in [3.8, 4) is 0 Å². The van der Waals surface area contributed by atoms with Crippen molar-refractivity contribution in [2.45, 2.75) is 109 Å². The summed E-state index contributed by atoms with van der Waals surface area (Å²) in [6.07, 6.45) is 14.5. The number of hydrogen-bond acceptors (Lipinski definition) is 3. The molecule has 5 saturated carbocycles. The second-order valence-corrected chi connectivity index (χ2v) is 12.1. The molecule has 0 aromatic heterocycles. The fourth-order valence-electron chi connectivity index (χ4n) is 9.37. The number of rotatable bonds is 3. The van der Waals surface area contributed by atoms with Gasteiger partial charge in [0, 0.05) is 24.9 Å². The minimum absolute atomic E-state index is 0.0764. The van der Waals surface area contributed by atoms with Gasteiger partial charge < -0.3 is 10.4 Å². The Labute approximate surface area is 182 Å². The molecule has 0 unspecified atom stereocenters. The second kappa shape index (κ2) is 7.60. The normalized spacial score (nSPS) is 49.2. The highest BCUT2D eigenvalue weighted by Crippen LogP contribution is 2.67. The number of fused-ring (bicyclic) bond motifs is 5. The lowest BCUT2D eigenvalue weighted by atomic mass is 9.43. The number of hydrogen-bond donors (Lipinski definition) is 2. The number of Topliss-reactive ketones (excluding diaryl/α,β-unsaturated/α-hetero) is 1. The third-order valence-corrected chi connectivity index (χ3v) is 10.8. The monoisotopic (exact) mass is 415 g/mol. The van der Waals surface area contributed by atoms with E-state index in [0.717, 1.165) is 38.5 Å². The van der Waals surface area contributed by atoms with Crippen LogP contribution in [-0.4, -0.2) is 28.9 Å². The molecule has 0 aliphatic heterocycles. The molecule has 5 aliphatic rings. The lowest BCUT2D eigenvalue weighted by molar-refractivity contribution is -0.159. The molecule has 0 aromatic rings. The summed E-state index contributed by atoms with van der Waals surface area (Å²) < 4.78 is 0. The maximum atomic E-state index is 12.3. The molecule has 0 radical (unpaired) electrons. The molecule has 4 nitrogen and oxygen atoms in total. The van der Waals surface area contributed by atoms with Crippen LogP contribution < -0.4 is 5.32 Å². The first-order chi connectivity index (χ1) is 14.3. The van der Waals surface area contributed by atoms with Gasteiger partial charge in [-0.25, -0.2) is 0 Å². The molecule has 0 saturated heterocycles. The summed E-state index contributed by atoms with van der Waals surface area (Å²) in [6, 6.07) is 1.02. The first-order valence-electron chi connectivity index (χ1n) is 12.8. The van der Waals surface area contributed by atoms with Crippen molar-refractivity contribution >= 4 is 11.8 Å². The van der Waals surface area contributed by atoms with Crippen molar-refractivity contribution in [3.05, 3.63) is 0 Å². The Morgan fingerprint density at radius 3 is 2.50 bits per heavy atom. The number of carboxylic acids is 1. The predicted octanol–water partition coefficient (Wildman–Crippen LogP) is 5.20. The van der Waals surface area contributed by atoms with Crippen molar-refractivity contribution in [2.24, 2.45) is 40.4 Å². The Hall–Kier alpha value is -0.900. The van der Waals surface area contributed by atoms with Gasteiger partial charge in [-0.2, -0.15) is 0 Å². The summed E-state index contributed by atoms with van der Waals surface area (Å²) in [6.45, 7) is 4.82. The van der Waals surface area contributed by atoms with E-state index in [9.17, 15) is 14.7 Å². The fourth-order valence-corrected chi connectivity index (χ4v) is 9.37. The van der Waals surface area contributed by atoms with Crippen LogP contribution in [0.2, 0.25) is 0 Å². The predicted molar refractivity (Wildman–Crippen MR) is 117 cm³/mol. The Morgan fingerprint density at radius 1 is 1.00 bits per heavy atom. The zero-order valence-electron chi connectivity index (χ0n) is 19.0. The van der Waals surface area contributed by atoms with Gasteiger partial charge in [-0.15, -0.1) is 0 Å². The van der Waals surface area contributed by atoms with E-state index in [1.807, 2.05) is 0 Å². The molecular weight excluding hydrogens is 374 g/mol. The number of ketones is 1. The third-order valence-electron chi connectivity index (χ3n) is 10.8. The van der Waals surface area contributed by atoms with Gasteiger partial charge in [-0.1, -0.05) is 33.1 Å². The molecule has 0 spiro atoms. The largest absolute Gasteiger partial charge is 0.481 e. The summed E-state index contributed by atoms with van der Waals surface area (Å²) in [5.41, 5.74) is 0.165. The molecule has 8 atom stereocenters. The maximum absolute atomic E-state index is 12.3. The van der Waals surface area contributed by atoms with Gasteiger partial charge in [0.1, 0.15) is 5.78 Å². The van der Waals surface area contributed by atoms with E-state index in [2.05, 4.69) is 19.2 Å². The van der Waals surface area contributed by atoms with Crippen LogP contribution in [0.5, 0.6) is 0 Å². The van der Waals surface area contributed by atoms with E-state index in [0.29, 0.717) is 41.5 Å². The van der Waals surface area contributed by atoms with Crippen LogP contribution in [0, 0.1) is 40.4 Å². The SMILES string of the molecule is C[C@]12CCC(=O)C[C@@H]1CC[C@@H]1[C@@H]2[C@H](NC2CCCCC2)C[C@]2(C)[C@@H](C(=O)O)CC[C@@H]12. The van der Waals surface area contributed by atoms with Crippen molar-refractivity contribution in [3.63, 3.8) is 0 Å². The summed E-state index contributed by atoms with van der Waals surface area (Å²) >= 11 is 0. The second-order valence-electron chi connectivity index (χ2n) is 12.1. The van der Waals surface area contributed by atoms with E-state index < -0.39 is 5.97 Å². The minimum Gasteiger partial charge on any atom is -0.481 e. The van der Waals surface area contributed by atoms with Crippen LogP contribution in [0.4, 0.5) is 0 Å². The van der Waals surface area contributed by atoms with E-state index in [4.69, 9.17) is 0 Å². The Morgan fingerprint density at radius 2 is 1.77 bits per heavy atom. The van der Waals surface area contributed by atoms with Crippen LogP contribution in [0.15, 0.2) is 0 Å². The van der Waals surface area contributed by atoms with Crippen LogP contribution in [-0.2, 0) is 9.59 Å². The van der Waals surface area contributed by atoms with Gasteiger partial charge in [0.25, 0.3) is 0 Å². The standard InChI is InChI=1S/C26H41NO3/c1-25-13-12-18(28)14-16(25)8-9-19-20-10-11-21(24(29)30)26(20,2)15-22(23(19)25)27-17-6-4-3-5-7-17/h16-17,19-23,27H,3-15H2,1-2H3,(H,29,30)/t16-,19-,20-,21+,22+,23+,25-,26-/m0/s1. The maximum Gasteiger partial charge on any atom is 0.307 e. The quantitative estimate of drug-likeness (QED) is 0.665. The number of nitrogens with one attached hydrogen (secondary N) is 1. The molecule has 2 N–H and O–H groups in total. The summed E-state index contributed by atoms with van der Waals surface area (Å²) in [5, 5.41) is 14.2. The lowest BCUT2D eigenvalue weighted by Gasteiger charge is -2.63. The Kier molecular flexibility index (Phi) is 5.31. The number of carboxylic acid groups (broad SMARTS) is 1. The molecule has 5 rings (SSSR count). The van der Waals surface area contributed by atoms with E-state index in [1.54, 1.807) is 0 Å². The Balaban J connectivity index is 1.50. The zero-order valence-corrected chi connectivity index (χ0v) is 19.0. The lowest BCUT2D eigenvalue weighted by Crippen LogP contribution is -2.63. The minimum atomic E-state index is -0.571. The number of aliphatic carboxylic acids is 1. The molecule has 5 aliphatic carbocycles. The van der Waals surface area contributed by atoms with Crippen LogP contribution >= 0.6 is 0 Å². The molecule has 30 heavy (non-hydrogen) atoms. The summed E-state index contributed by atoms with van der Waals surface area (Å²) in [7, 11) is 0. The van der Waals surface area contributed by atoms with Gasteiger partial charge >= 0.3 is 5.97 Å². The van der Waals surface area contributed by atoms with Crippen molar-refractivity contribution in [1.29, 1.82) is 0 Å². The topological polar surface area (TPSA) is 66.4 Å². The molecule has 5 fully saturated rings. The van der Waals surface area contributed by atoms with Crippen molar-refractivity contribution in [2.75, 3.05) is 0 Å². The average molecular weight is 416 g/mol. The van der Waals surface area contributed by atoms with Gasteiger partial charge in [-0.3, -0.25) is 9.59 Å². The van der Waals surface area contributed by atoms with Gasteiger partial charge in [-0.05, 0) is 85.9 Å². The highest BCUT2D eigenvalue weighted by atomic mass is 16.4. The summed E-state index contributed by atoms with van der Waals surface area (Å²) in [5.74, 6) is 2.04. The van der Waals surface area contributed by atoms with Crippen LogP contribution in [0.3, 0.4) is 0 Å². The molecule has 4 heteroatoms. The van der Waals surface area contributed by atoms with Gasteiger partial charge in [0.2, 0.25) is 0 Å². The van der Waals surface area contributed by atoms with E-state index in [-0.39, 0.29) is 16.7 Å². The first-order valence-corrected chi connectivity index (χ1v) is 12.8. The fraction of sp³-hybridized carbons (Fsp3) is 0.923. The number of carbonyl (C=O) groups is 2.